The molecular formula is C44H46Br2N2S2. The van der Waals surface area contributed by atoms with Gasteiger partial charge in [-0.15, -0.1) is 22.7 Å². The van der Waals surface area contributed by atoms with Crippen LogP contribution in [0.2, 0.25) is 0 Å². The van der Waals surface area contributed by atoms with Gasteiger partial charge in [0.1, 0.15) is 0 Å². The zero-order chi connectivity index (χ0) is 34.5. The van der Waals surface area contributed by atoms with Crippen LogP contribution in [-0.2, 0) is 12.8 Å². The number of aromatic nitrogens is 2. The van der Waals surface area contributed by atoms with E-state index in [1.54, 1.807) is 0 Å². The Morgan fingerprint density at radius 1 is 0.460 bits per heavy atom. The first kappa shape index (κ1) is 35.7. The maximum atomic E-state index is 5.60. The molecule has 0 saturated carbocycles. The summed E-state index contributed by atoms with van der Waals surface area (Å²) in [5.41, 5.74) is 9.06. The van der Waals surface area contributed by atoms with E-state index in [0.29, 0.717) is 0 Å². The van der Waals surface area contributed by atoms with Crippen LogP contribution in [0.3, 0.4) is 0 Å². The SMILES string of the molecule is CCCCCCCCc1cc(-c2ccc(-c3cc(CCCCCCCC)c(Br)s3)c3nc4c5ccccc5c5ccccc5c4nc23)sc1Br. The van der Waals surface area contributed by atoms with Crippen LogP contribution in [-0.4, -0.2) is 9.97 Å². The third-order valence-electron chi connectivity index (χ3n) is 10.1. The van der Waals surface area contributed by atoms with E-state index in [2.05, 4.69) is 119 Å². The van der Waals surface area contributed by atoms with E-state index in [1.807, 2.05) is 22.7 Å². The zero-order valence-corrected chi connectivity index (χ0v) is 34.1. The molecule has 0 spiro atoms. The Bertz CT molecular complexity index is 2090. The number of hydrogen-bond donors (Lipinski definition) is 0. The van der Waals surface area contributed by atoms with Gasteiger partial charge in [0.15, 0.2) is 0 Å². The Labute approximate surface area is 322 Å². The Kier molecular flexibility index (Phi) is 12.0. The lowest BCUT2D eigenvalue weighted by Gasteiger charge is -2.13. The molecule has 6 heteroatoms. The molecule has 0 radical (unpaired) electrons. The van der Waals surface area contributed by atoms with Crippen molar-refractivity contribution in [2.24, 2.45) is 0 Å². The van der Waals surface area contributed by atoms with Crippen molar-refractivity contribution in [2.45, 2.75) is 104 Å². The largest absolute Gasteiger partial charge is 0.243 e. The molecule has 50 heavy (non-hydrogen) atoms. The van der Waals surface area contributed by atoms with Gasteiger partial charge in [-0.2, -0.15) is 0 Å². The molecule has 0 amide bonds. The van der Waals surface area contributed by atoms with E-state index in [1.165, 1.54) is 127 Å². The summed E-state index contributed by atoms with van der Waals surface area (Å²) in [4.78, 5) is 13.7. The van der Waals surface area contributed by atoms with Gasteiger partial charge in [-0.1, -0.05) is 139 Å². The minimum absolute atomic E-state index is 0.976. The predicted molar refractivity (Wildman–Crippen MR) is 228 cm³/mol. The number of benzene rings is 4. The van der Waals surface area contributed by atoms with Crippen molar-refractivity contribution in [1.82, 2.24) is 9.97 Å². The third-order valence-corrected chi connectivity index (χ3v) is 14.1. The molecule has 3 aromatic heterocycles. The highest BCUT2D eigenvalue weighted by Gasteiger charge is 2.20. The molecular weight excluding hydrogens is 780 g/mol. The molecule has 0 aliphatic carbocycles. The van der Waals surface area contributed by atoms with E-state index in [0.717, 1.165) is 45.7 Å². The third kappa shape index (κ3) is 7.60. The quantitative estimate of drug-likeness (QED) is 0.0551. The topological polar surface area (TPSA) is 25.8 Å². The van der Waals surface area contributed by atoms with Crippen LogP contribution in [0.1, 0.15) is 102 Å². The molecule has 0 bridgehead atoms. The Morgan fingerprint density at radius 3 is 1.26 bits per heavy atom. The Balaban J connectivity index is 1.34. The Morgan fingerprint density at radius 2 is 0.840 bits per heavy atom. The second kappa shape index (κ2) is 16.8. The first-order valence-corrected chi connectivity index (χ1v) is 21.9. The molecule has 0 saturated heterocycles. The van der Waals surface area contributed by atoms with Crippen LogP contribution in [0.25, 0.3) is 64.5 Å². The van der Waals surface area contributed by atoms with Crippen molar-refractivity contribution in [3.8, 4) is 20.9 Å². The number of fused-ring (bicyclic) bond motifs is 7. The van der Waals surface area contributed by atoms with Gasteiger partial charge in [-0.25, -0.2) is 9.97 Å². The molecule has 258 valence electrons. The van der Waals surface area contributed by atoms with Crippen LogP contribution in [0, 0.1) is 0 Å². The summed E-state index contributed by atoms with van der Waals surface area (Å²) in [6.45, 7) is 4.57. The van der Waals surface area contributed by atoms with Gasteiger partial charge in [0.25, 0.3) is 0 Å². The Hall–Kier alpha value is -2.64. The molecule has 4 aromatic carbocycles. The van der Waals surface area contributed by atoms with Gasteiger partial charge in [0.05, 0.1) is 29.6 Å². The standard InChI is InChI=1S/C44H46Br2N2S2/c1-3-5-7-9-11-13-19-29-27-37(49-43(29)45)35-25-26-36(38-28-30(44(46)50-38)20-14-12-10-8-6-4-2)42-41(35)47-39-33-23-17-15-21-31(33)32-22-16-18-24-34(32)40(39)48-42/h15-18,21-28H,3-14,19-20H2,1-2H3. The fraction of sp³-hybridized carbons (Fsp3) is 0.364. The monoisotopic (exact) mass is 824 g/mol. The van der Waals surface area contributed by atoms with Crippen LogP contribution in [0.15, 0.2) is 80.4 Å². The van der Waals surface area contributed by atoms with Crippen LogP contribution in [0.4, 0.5) is 0 Å². The normalized spacial score (nSPS) is 11.9. The molecule has 0 atom stereocenters. The molecule has 0 aliphatic heterocycles. The summed E-state index contributed by atoms with van der Waals surface area (Å²) in [5.74, 6) is 0. The molecule has 7 aromatic rings. The van der Waals surface area contributed by atoms with Crippen LogP contribution < -0.4 is 0 Å². The van der Waals surface area contributed by atoms with E-state index < -0.39 is 0 Å². The smallest absolute Gasteiger partial charge is 0.0988 e. The van der Waals surface area contributed by atoms with Crippen molar-refractivity contribution in [2.75, 3.05) is 0 Å². The van der Waals surface area contributed by atoms with E-state index in [9.17, 15) is 0 Å². The average molecular weight is 827 g/mol. The minimum Gasteiger partial charge on any atom is -0.243 e. The zero-order valence-electron chi connectivity index (χ0n) is 29.3. The summed E-state index contributed by atoms with van der Waals surface area (Å²) in [6.07, 6.45) is 17.9. The van der Waals surface area contributed by atoms with Crippen molar-refractivity contribution in [1.29, 1.82) is 0 Å². The summed E-state index contributed by atoms with van der Waals surface area (Å²) in [5, 5.41) is 4.76. The van der Waals surface area contributed by atoms with Gasteiger partial charge < -0.3 is 0 Å². The molecule has 0 fully saturated rings. The minimum atomic E-state index is 0.976. The molecule has 3 heterocycles. The summed E-state index contributed by atoms with van der Waals surface area (Å²) in [6, 6.07) is 26.8. The molecule has 0 N–H and O–H groups in total. The van der Waals surface area contributed by atoms with Crippen molar-refractivity contribution >= 4 is 98.1 Å². The molecule has 2 nitrogen and oxygen atoms in total. The van der Waals surface area contributed by atoms with E-state index >= 15 is 0 Å². The number of rotatable bonds is 16. The van der Waals surface area contributed by atoms with E-state index in [4.69, 9.17) is 9.97 Å². The van der Waals surface area contributed by atoms with Crippen molar-refractivity contribution in [3.05, 3.63) is 91.5 Å². The van der Waals surface area contributed by atoms with Crippen LogP contribution in [0.5, 0.6) is 0 Å². The fourth-order valence-corrected chi connectivity index (χ4v) is 11.0. The highest BCUT2D eigenvalue weighted by atomic mass is 79.9. The lowest BCUT2D eigenvalue weighted by atomic mass is 9.98. The van der Waals surface area contributed by atoms with Crippen molar-refractivity contribution in [3.63, 3.8) is 0 Å². The maximum Gasteiger partial charge on any atom is 0.0988 e. The number of nitrogens with zero attached hydrogens (tertiary/aromatic N) is 2. The summed E-state index contributed by atoms with van der Waals surface area (Å²) >= 11 is 11.6. The van der Waals surface area contributed by atoms with Gasteiger partial charge in [-0.3, -0.25) is 0 Å². The lowest BCUT2D eigenvalue weighted by molar-refractivity contribution is 0.607. The van der Waals surface area contributed by atoms with Crippen LogP contribution >= 0.6 is 54.5 Å². The number of thiophene rings is 2. The first-order chi connectivity index (χ1) is 24.6. The maximum absolute atomic E-state index is 5.60. The first-order valence-electron chi connectivity index (χ1n) is 18.7. The summed E-state index contributed by atoms with van der Waals surface area (Å²) in [7, 11) is 0. The molecule has 0 unspecified atom stereocenters. The highest BCUT2D eigenvalue weighted by molar-refractivity contribution is 9.11. The lowest BCUT2D eigenvalue weighted by Crippen LogP contribution is -1.95. The second-order valence-electron chi connectivity index (χ2n) is 13.7. The van der Waals surface area contributed by atoms with Crippen molar-refractivity contribution < 1.29 is 0 Å². The second-order valence-corrected chi connectivity index (χ2v) is 18.5. The number of hydrogen-bond acceptors (Lipinski definition) is 4. The van der Waals surface area contributed by atoms with Gasteiger partial charge in [0, 0.05) is 31.7 Å². The predicted octanol–water partition coefficient (Wildman–Crippen LogP) is 15.9. The number of aryl methyl sites for hydroxylation is 2. The van der Waals surface area contributed by atoms with Gasteiger partial charge >= 0.3 is 0 Å². The van der Waals surface area contributed by atoms with E-state index in [-0.39, 0.29) is 0 Å². The highest BCUT2D eigenvalue weighted by Crippen LogP contribution is 2.45. The fourth-order valence-electron chi connectivity index (χ4n) is 7.37. The van der Waals surface area contributed by atoms with Gasteiger partial charge in [0.2, 0.25) is 0 Å². The average Bonchev–Trinajstić information content (AvgIpc) is 3.70. The molecule has 7 rings (SSSR count). The van der Waals surface area contributed by atoms with Gasteiger partial charge in [-0.05, 0) is 91.6 Å². The number of halogens is 2. The number of unbranched alkanes of at least 4 members (excludes halogenated alkanes) is 10. The molecule has 0 aliphatic rings. The summed E-state index contributed by atoms with van der Waals surface area (Å²) < 4.78 is 2.48.